The normalized spacial score (nSPS) is 13.8. The van der Waals surface area contributed by atoms with Crippen LogP contribution in [0.5, 0.6) is 0 Å². The van der Waals surface area contributed by atoms with E-state index in [0.717, 1.165) is 100 Å². The molecule has 0 saturated carbocycles. The maximum absolute atomic E-state index is 6.79. The van der Waals surface area contributed by atoms with E-state index in [-0.39, 0.29) is 5.41 Å². The fourth-order valence-corrected chi connectivity index (χ4v) is 14.0. The van der Waals surface area contributed by atoms with Gasteiger partial charge in [-0.25, -0.2) is 24.9 Å². The Hall–Kier alpha value is -10.9. The highest BCUT2D eigenvalue weighted by Gasteiger charge is 2.52. The second kappa shape index (κ2) is 18.3. The highest BCUT2D eigenvalue weighted by atomic mass is 16.3. The lowest BCUT2D eigenvalue weighted by Crippen LogP contribution is -2.36. The molecule has 0 bridgehead atoms. The molecule has 0 unspecified atom stereocenters. The monoisotopic (exact) mass is 1070 g/mol. The molecule has 0 N–H and O–H groups in total. The van der Waals surface area contributed by atoms with Crippen molar-refractivity contribution in [1.82, 2.24) is 24.9 Å². The lowest BCUT2D eigenvalue weighted by molar-refractivity contribution is 0.659. The summed E-state index contributed by atoms with van der Waals surface area (Å²) in [5, 5.41) is 0.937. The first-order valence-corrected chi connectivity index (χ1v) is 28.6. The van der Waals surface area contributed by atoms with Crippen molar-refractivity contribution in [3.63, 3.8) is 0 Å². The maximum atomic E-state index is 6.79. The minimum atomic E-state index is -0.786. The van der Waals surface area contributed by atoms with Crippen LogP contribution in [0.1, 0.15) is 47.2 Å². The Morgan fingerprint density at radius 2 is 0.881 bits per heavy atom. The largest absolute Gasteiger partial charge is 0.452 e. The number of benzene rings is 11. The highest BCUT2D eigenvalue weighted by Crippen LogP contribution is 2.65. The Morgan fingerprint density at radius 3 is 1.65 bits per heavy atom. The van der Waals surface area contributed by atoms with Crippen LogP contribution in [0.3, 0.4) is 0 Å². The Balaban J connectivity index is 0.933. The van der Waals surface area contributed by atoms with Crippen molar-refractivity contribution in [2.75, 3.05) is 4.90 Å². The predicted molar refractivity (Wildman–Crippen MR) is 338 cm³/mol. The van der Waals surface area contributed by atoms with Gasteiger partial charge >= 0.3 is 0 Å². The maximum Gasteiger partial charge on any atom is 0.180 e. The van der Waals surface area contributed by atoms with Crippen molar-refractivity contribution in [2.24, 2.45) is 0 Å². The number of fused-ring (bicyclic) bond motifs is 15. The summed E-state index contributed by atoms with van der Waals surface area (Å²) in [7, 11) is 0. The van der Waals surface area contributed by atoms with Gasteiger partial charge in [-0.1, -0.05) is 226 Å². The van der Waals surface area contributed by atoms with Gasteiger partial charge in [-0.05, 0) is 121 Å². The quantitative estimate of drug-likeness (QED) is 0.157. The molecule has 7 heteroatoms. The first-order chi connectivity index (χ1) is 41.4. The Labute approximate surface area is 486 Å². The van der Waals surface area contributed by atoms with Crippen LogP contribution in [-0.2, 0) is 10.8 Å². The van der Waals surface area contributed by atoms with E-state index in [1.54, 1.807) is 0 Å². The topological polar surface area (TPSA) is 80.8 Å². The molecule has 0 saturated heterocycles. The van der Waals surface area contributed by atoms with Crippen molar-refractivity contribution in [1.29, 1.82) is 0 Å². The molecule has 0 fully saturated rings. The lowest BCUT2D eigenvalue weighted by atomic mass is 9.64. The molecule has 2 aliphatic carbocycles. The molecule has 14 aromatic rings. The number of aromatic nitrogens is 5. The summed E-state index contributed by atoms with van der Waals surface area (Å²) in [5.41, 5.74) is 23.8. The van der Waals surface area contributed by atoms with Crippen LogP contribution in [0.2, 0.25) is 0 Å². The molecule has 1 aliphatic heterocycles. The summed E-state index contributed by atoms with van der Waals surface area (Å²) in [4.78, 5) is 29.8. The third kappa shape index (κ3) is 7.02. The first kappa shape index (κ1) is 47.9. The summed E-state index contributed by atoms with van der Waals surface area (Å²) in [6.07, 6.45) is 0. The van der Waals surface area contributed by atoms with Gasteiger partial charge in [0, 0.05) is 44.3 Å². The average Bonchev–Trinajstić information content (AvgIpc) is 1.83. The van der Waals surface area contributed by atoms with E-state index in [1.165, 1.54) is 33.4 Å². The van der Waals surface area contributed by atoms with Crippen LogP contribution in [-0.4, -0.2) is 24.9 Å². The van der Waals surface area contributed by atoms with E-state index >= 15 is 0 Å². The number of furan rings is 1. The number of para-hydroxylation sites is 4. The minimum absolute atomic E-state index is 0.215. The van der Waals surface area contributed by atoms with Crippen LogP contribution in [0.15, 0.2) is 271 Å². The van der Waals surface area contributed by atoms with Crippen LogP contribution in [0, 0.1) is 0 Å². The van der Waals surface area contributed by atoms with E-state index < -0.39 is 5.41 Å². The third-order valence-corrected chi connectivity index (χ3v) is 17.7. The van der Waals surface area contributed by atoms with E-state index in [2.05, 4.69) is 249 Å². The van der Waals surface area contributed by atoms with Crippen LogP contribution in [0.25, 0.3) is 112 Å². The molecular weight excluding hydrogens is 1020 g/mol. The van der Waals surface area contributed by atoms with Gasteiger partial charge in [-0.2, -0.15) is 0 Å². The molecule has 0 amide bonds. The smallest absolute Gasteiger partial charge is 0.180 e. The zero-order chi connectivity index (χ0) is 55.7. The molecule has 3 aromatic heterocycles. The van der Waals surface area contributed by atoms with Crippen LogP contribution >= 0.6 is 0 Å². The van der Waals surface area contributed by atoms with Crippen LogP contribution < -0.4 is 4.90 Å². The molecule has 0 radical (unpaired) electrons. The zero-order valence-corrected chi connectivity index (χ0v) is 46.0. The lowest BCUT2D eigenvalue weighted by Gasteiger charge is -2.45. The van der Waals surface area contributed by atoms with Crippen molar-refractivity contribution in [2.45, 2.75) is 24.7 Å². The fraction of sp³-hybridized carbons (Fsp3) is 0.0519. The SMILES string of the molecule is CC1(C)c2ccccc2-c2ccc(-c3nc(-c4ccc5c(c4)-c4c(-c6nc(-c7ccccc7)nc(-c7cccc(-c8ccccc8)c7)n6)cccc4C54c5ccccc5N(c5ccccc5)c5ccccc54)nc4c3oc3ccccc34)cc21. The third-order valence-electron chi connectivity index (χ3n) is 17.7. The van der Waals surface area contributed by atoms with Gasteiger partial charge in [0.2, 0.25) is 0 Å². The highest BCUT2D eigenvalue weighted by molar-refractivity contribution is 6.08. The fourth-order valence-electron chi connectivity index (χ4n) is 14.0. The van der Waals surface area contributed by atoms with Gasteiger partial charge < -0.3 is 9.32 Å². The molecule has 17 rings (SSSR count). The van der Waals surface area contributed by atoms with Crippen molar-refractivity contribution < 1.29 is 4.42 Å². The molecule has 1 spiro atoms. The van der Waals surface area contributed by atoms with Gasteiger partial charge in [0.05, 0.1) is 16.8 Å². The predicted octanol–water partition coefficient (Wildman–Crippen LogP) is 19.0. The van der Waals surface area contributed by atoms with E-state index in [1.807, 2.05) is 36.4 Å². The Bertz CT molecular complexity index is 4960. The molecule has 394 valence electrons. The number of hydrogen-bond donors (Lipinski definition) is 0. The molecule has 4 heterocycles. The molecule has 11 aromatic carbocycles. The summed E-state index contributed by atoms with van der Waals surface area (Å²) < 4.78 is 6.79. The van der Waals surface area contributed by atoms with E-state index in [9.17, 15) is 0 Å². The van der Waals surface area contributed by atoms with Crippen molar-refractivity contribution in [3.05, 3.63) is 300 Å². The second-order valence-electron chi connectivity index (χ2n) is 22.7. The summed E-state index contributed by atoms with van der Waals surface area (Å²) in [6.45, 7) is 4.64. The molecule has 7 nitrogen and oxygen atoms in total. The van der Waals surface area contributed by atoms with Crippen LogP contribution in [0.4, 0.5) is 17.1 Å². The first-order valence-electron chi connectivity index (χ1n) is 28.6. The van der Waals surface area contributed by atoms with E-state index in [0.29, 0.717) is 28.9 Å². The van der Waals surface area contributed by atoms with Crippen molar-refractivity contribution in [3.8, 4) is 90.2 Å². The molecule has 3 aliphatic rings. The zero-order valence-electron chi connectivity index (χ0n) is 46.0. The van der Waals surface area contributed by atoms with Gasteiger partial charge in [-0.3, -0.25) is 0 Å². The molecular formula is C77H50N6O. The number of rotatable bonds is 7. The Kier molecular flexibility index (Phi) is 10.4. The average molecular weight is 1080 g/mol. The number of nitrogens with zero attached hydrogens (tertiary/aromatic N) is 6. The number of anilines is 3. The standard InChI is InChI=1S/C77H50N6O/c1-76(2)59-33-14-12-30-54(59)55-42-40-50(46-64(55)76)69-71-70(56-31-13-19-39-67(56)84-71)79-73(78-69)52-41-43-60-58(45-52)68-57(75-81-72(48-24-8-4-9-25-48)80-74(82-75)51-27-20-26-49(44-51)47-22-6-3-7-23-47)32-21-36-63(68)77(60)61-34-15-17-37-65(61)83(53-28-10-5-11-29-53)66-38-18-16-35-62(66)77/h3-46H,1-2H3. The minimum Gasteiger partial charge on any atom is -0.452 e. The van der Waals surface area contributed by atoms with E-state index in [4.69, 9.17) is 29.3 Å². The summed E-state index contributed by atoms with van der Waals surface area (Å²) in [6, 6.07) is 95.0. The van der Waals surface area contributed by atoms with Gasteiger partial charge in [0.25, 0.3) is 0 Å². The number of hydrogen-bond acceptors (Lipinski definition) is 7. The van der Waals surface area contributed by atoms with Crippen molar-refractivity contribution >= 4 is 39.1 Å². The second-order valence-corrected chi connectivity index (χ2v) is 22.7. The summed E-state index contributed by atoms with van der Waals surface area (Å²) >= 11 is 0. The molecule has 0 atom stereocenters. The molecule has 84 heavy (non-hydrogen) atoms. The van der Waals surface area contributed by atoms with Gasteiger partial charge in [0.1, 0.15) is 16.8 Å². The summed E-state index contributed by atoms with van der Waals surface area (Å²) in [5.74, 6) is 2.35. The van der Waals surface area contributed by atoms with Gasteiger partial charge in [0.15, 0.2) is 28.9 Å². The van der Waals surface area contributed by atoms with Gasteiger partial charge in [-0.15, -0.1) is 0 Å². The Morgan fingerprint density at radius 1 is 0.333 bits per heavy atom.